The highest BCUT2D eigenvalue weighted by Gasteiger charge is 2.27. The first-order valence-corrected chi connectivity index (χ1v) is 8.41. The van der Waals surface area contributed by atoms with Gasteiger partial charge < -0.3 is 4.74 Å². The van der Waals surface area contributed by atoms with E-state index in [1.807, 2.05) is 19.1 Å². The van der Waals surface area contributed by atoms with Crippen molar-refractivity contribution in [3.05, 3.63) is 52.6 Å². The van der Waals surface area contributed by atoms with Crippen molar-refractivity contribution in [2.45, 2.75) is 46.0 Å². The molecule has 3 heteroatoms. The number of halogens is 2. The average Bonchev–Trinajstić information content (AvgIpc) is 2.90. The molecule has 0 radical (unpaired) electrons. The fourth-order valence-electron chi connectivity index (χ4n) is 3.17. The Balaban J connectivity index is 1.99. The maximum absolute atomic E-state index is 14.6. The summed E-state index contributed by atoms with van der Waals surface area (Å²) in [6.45, 7) is 4.56. The van der Waals surface area contributed by atoms with E-state index in [1.165, 1.54) is 5.56 Å². The highest BCUT2D eigenvalue weighted by molar-refractivity contribution is 5.78. The van der Waals surface area contributed by atoms with Crippen molar-refractivity contribution in [1.82, 2.24) is 0 Å². The van der Waals surface area contributed by atoms with Gasteiger partial charge in [-0.1, -0.05) is 44.9 Å². The lowest BCUT2D eigenvalue weighted by Gasteiger charge is -2.11. The van der Waals surface area contributed by atoms with Crippen molar-refractivity contribution < 1.29 is 13.5 Å². The van der Waals surface area contributed by atoms with Gasteiger partial charge in [0.25, 0.3) is 0 Å². The standard InChI is InChI=1S/C20H22F2O/c1-3-5-9-23-17-12-15-11-14-8-7-13(6-4-2)10-16(14)18(15)20(22)19(17)21/h7-8,10,12H,3-6,9,11H2,1-2H3. The van der Waals surface area contributed by atoms with Crippen molar-refractivity contribution in [2.24, 2.45) is 0 Å². The molecule has 2 aromatic carbocycles. The lowest BCUT2D eigenvalue weighted by molar-refractivity contribution is 0.288. The quantitative estimate of drug-likeness (QED) is 0.533. The van der Waals surface area contributed by atoms with Gasteiger partial charge in [0.05, 0.1) is 6.61 Å². The molecule has 0 aromatic heterocycles. The van der Waals surface area contributed by atoms with E-state index in [0.717, 1.165) is 42.4 Å². The van der Waals surface area contributed by atoms with Crippen molar-refractivity contribution in [2.75, 3.05) is 6.61 Å². The first-order valence-electron chi connectivity index (χ1n) is 8.41. The van der Waals surface area contributed by atoms with Crippen LogP contribution < -0.4 is 4.74 Å². The average molecular weight is 316 g/mol. The summed E-state index contributed by atoms with van der Waals surface area (Å²) in [6, 6.07) is 7.80. The Labute approximate surface area is 136 Å². The summed E-state index contributed by atoms with van der Waals surface area (Å²) in [7, 11) is 0. The van der Waals surface area contributed by atoms with E-state index in [-0.39, 0.29) is 5.75 Å². The van der Waals surface area contributed by atoms with Gasteiger partial charge in [0.15, 0.2) is 11.6 Å². The highest BCUT2D eigenvalue weighted by Crippen LogP contribution is 2.42. The molecule has 1 aliphatic rings. The van der Waals surface area contributed by atoms with Gasteiger partial charge in [-0.2, -0.15) is 4.39 Å². The van der Waals surface area contributed by atoms with Crippen LogP contribution in [0.15, 0.2) is 24.3 Å². The van der Waals surface area contributed by atoms with E-state index in [4.69, 9.17) is 4.74 Å². The number of hydrogen-bond acceptors (Lipinski definition) is 1. The van der Waals surface area contributed by atoms with Gasteiger partial charge in [-0.05, 0) is 47.6 Å². The molecule has 1 aliphatic carbocycles. The van der Waals surface area contributed by atoms with Crippen molar-refractivity contribution >= 4 is 0 Å². The SMILES string of the molecule is CCCCOc1cc2c(c(F)c1F)-c1cc(CCC)ccc1C2. The Hall–Kier alpha value is -1.90. The molecule has 2 aromatic rings. The maximum Gasteiger partial charge on any atom is 0.201 e. The lowest BCUT2D eigenvalue weighted by Crippen LogP contribution is -2.02. The minimum atomic E-state index is -0.867. The molecule has 3 rings (SSSR count). The minimum Gasteiger partial charge on any atom is -0.490 e. The molecule has 0 spiro atoms. The molecular formula is C20H22F2O. The summed E-state index contributed by atoms with van der Waals surface area (Å²) >= 11 is 0. The van der Waals surface area contributed by atoms with Gasteiger partial charge >= 0.3 is 0 Å². The molecule has 0 saturated heterocycles. The number of fused-ring (bicyclic) bond motifs is 3. The van der Waals surface area contributed by atoms with Gasteiger partial charge in [0.1, 0.15) is 0 Å². The Morgan fingerprint density at radius 2 is 1.83 bits per heavy atom. The van der Waals surface area contributed by atoms with E-state index in [2.05, 4.69) is 13.0 Å². The summed E-state index contributed by atoms with van der Waals surface area (Å²) < 4.78 is 34.4. The molecule has 0 saturated carbocycles. The smallest absolute Gasteiger partial charge is 0.201 e. The highest BCUT2D eigenvalue weighted by atomic mass is 19.2. The normalized spacial score (nSPS) is 12.2. The molecule has 122 valence electrons. The van der Waals surface area contributed by atoms with Crippen LogP contribution in [0.25, 0.3) is 11.1 Å². The summed E-state index contributed by atoms with van der Waals surface area (Å²) in [5.74, 6) is -1.61. The van der Waals surface area contributed by atoms with E-state index in [1.54, 1.807) is 6.07 Å². The van der Waals surface area contributed by atoms with E-state index >= 15 is 0 Å². The van der Waals surface area contributed by atoms with Crippen molar-refractivity contribution in [3.8, 4) is 16.9 Å². The summed E-state index contributed by atoms with van der Waals surface area (Å²) in [5.41, 5.74) is 4.30. The third-order valence-corrected chi connectivity index (χ3v) is 4.37. The zero-order chi connectivity index (χ0) is 16.4. The first-order chi connectivity index (χ1) is 11.2. The first kappa shape index (κ1) is 16.0. The molecule has 1 nitrogen and oxygen atoms in total. The summed E-state index contributed by atoms with van der Waals surface area (Å²) in [5, 5.41) is 0. The molecule has 23 heavy (non-hydrogen) atoms. The molecule has 0 atom stereocenters. The Bertz CT molecular complexity index is 722. The Kier molecular flexibility index (Phi) is 4.65. The molecular weight excluding hydrogens is 294 g/mol. The number of hydrogen-bond donors (Lipinski definition) is 0. The van der Waals surface area contributed by atoms with E-state index < -0.39 is 11.6 Å². The lowest BCUT2D eigenvalue weighted by atomic mass is 10.00. The second-order valence-corrected chi connectivity index (χ2v) is 6.16. The number of benzene rings is 2. The Morgan fingerprint density at radius 1 is 1.00 bits per heavy atom. The van der Waals surface area contributed by atoms with Gasteiger partial charge in [-0.3, -0.25) is 0 Å². The molecule has 0 N–H and O–H groups in total. The van der Waals surface area contributed by atoms with E-state index in [0.29, 0.717) is 18.6 Å². The minimum absolute atomic E-state index is 0.0382. The van der Waals surface area contributed by atoms with E-state index in [9.17, 15) is 8.78 Å². The molecule has 0 bridgehead atoms. The van der Waals surface area contributed by atoms with Crippen LogP contribution in [-0.4, -0.2) is 6.61 Å². The molecule has 0 fully saturated rings. The summed E-state index contributed by atoms with van der Waals surface area (Å²) in [6.07, 6.45) is 4.41. The fraction of sp³-hybridized carbons (Fsp3) is 0.400. The molecule has 0 amide bonds. The largest absolute Gasteiger partial charge is 0.490 e. The number of aryl methyl sites for hydroxylation is 1. The second-order valence-electron chi connectivity index (χ2n) is 6.16. The van der Waals surface area contributed by atoms with Crippen molar-refractivity contribution in [1.29, 1.82) is 0 Å². The number of unbranched alkanes of at least 4 members (excludes halogenated alkanes) is 1. The zero-order valence-electron chi connectivity index (χ0n) is 13.7. The fourth-order valence-corrected chi connectivity index (χ4v) is 3.17. The third-order valence-electron chi connectivity index (χ3n) is 4.37. The van der Waals surface area contributed by atoms with Gasteiger partial charge in [-0.15, -0.1) is 0 Å². The van der Waals surface area contributed by atoms with Crippen LogP contribution in [0.3, 0.4) is 0 Å². The van der Waals surface area contributed by atoms with Gasteiger partial charge in [0, 0.05) is 5.56 Å². The maximum atomic E-state index is 14.6. The zero-order valence-corrected chi connectivity index (χ0v) is 13.7. The van der Waals surface area contributed by atoms with Crippen LogP contribution in [0.4, 0.5) is 8.78 Å². The van der Waals surface area contributed by atoms with Crippen molar-refractivity contribution in [3.63, 3.8) is 0 Å². The number of ether oxygens (including phenoxy) is 1. The predicted octanol–water partition coefficient (Wildman–Crippen LogP) is 5.67. The predicted molar refractivity (Wildman–Crippen MR) is 89.0 cm³/mol. The molecule has 0 aliphatic heterocycles. The molecule has 0 unspecified atom stereocenters. The number of rotatable bonds is 6. The monoisotopic (exact) mass is 316 g/mol. The van der Waals surface area contributed by atoms with Crippen LogP contribution in [-0.2, 0) is 12.8 Å². The van der Waals surface area contributed by atoms with Crippen LogP contribution in [0, 0.1) is 11.6 Å². The Morgan fingerprint density at radius 3 is 2.57 bits per heavy atom. The topological polar surface area (TPSA) is 9.23 Å². The van der Waals surface area contributed by atoms with Gasteiger partial charge in [-0.25, -0.2) is 4.39 Å². The van der Waals surface area contributed by atoms with Crippen LogP contribution in [0.5, 0.6) is 5.75 Å². The van der Waals surface area contributed by atoms with Crippen LogP contribution >= 0.6 is 0 Å². The molecule has 0 heterocycles. The second kappa shape index (κ2) is 6.69. The third kappa shape index (κ3) is 2.97. The van der Waals surface area contributed by atoms with Crippen LogP contribution in [0.1, 0.15) is 49.8 Å². The van der Waals surface area contributed by atoms with Crippen LogP contribution in [0.2, 0.25) is 0 Å². The summed E-state index contributed by atoms with van der Waals surface area (Å²) in [4.78, 5) is 0. The van der Waals surface area contributed by atoms with Gasteiger partial charge in [0.2, 0.25) is 5.82 Å².